The molecule has 4 nitrogen and oxygen atoms in total. The Morgan fingerprint density at radius 2 is 2.06 bits per heavy atom. The molecule has 1 aromatic carbocycles. The molecule has 0 atom stereocenters. The minimum Gasteiger partial charge on any atom is -0.503 e. The molecule has 0 saturated heterocycles. The molecule has 0 aliphatic heterocycles. The zero-order chi connectivity index (χ0) is 12.3. The lowest BCUT2D eigenvalue weighted by Gasteiger charge is -2.09. The van der Waals surface area contributed by atoms with Crippen LogP contribution in [0, 0.1) is 0 Å². The Hall–Kier alpha value is -1.01. The van der Waals surface area contributed by atoms with E-state index in [0.29, 0.717) is 14.5 Å². The van der Waals surface area contributed by atoms with Gasteiger partial charge in [-0.2, -0.15) is 0 Å². The zero-order valence-corrected chi connectivity index (χ0v) is 11.4. The molecule has 2 N–H and O–H groups in total. The van der Waals surface area contributed by atoms with Crippen molar-refractivity contribution in [1.29, 1.82) is 0 Å². The van der Waals surface area contributed by atoms with E-state index in [9.17, 15) is 9.90 Å². The molecule has 0 saturated carbocycles. The number of methoxy groups -OCH3 is 1. The first-order chi connectivity index (χ1) is 7.47. The van der Waals surface area contributed by atoms with Crippen molar-refractivity contribution in [3.8, 4) is 11.5 Å². The minimum atomic E-state index is -1.05. The lowest BCUT2D eigenvalue weighted by Crippen LogP contribution is -1.90. The van der Waals surface area contributed by atoms with E-state index in [1.807, 2.05) is 0 Å². The van der Waals surface area contributed by atoms with Crippen LogP contribution in [0.3, 0.4) is 0 Å². The van der Waals surface area contributed by atoms with Gasteiger partial charge in [-0.05, 0) is 49.6 Å². The first kappa shape index (κ1) is 13.1. The van der Waals surface area contributed by atoms with Gasteiger partial charge in [0, 0.05) is 10.5 Å². The smallest absolute Gasteiger partial charge is 0.328 e. The van der Waals surface area contributed by atoms with Gasteiger partial charge in [-0.3, -0.25) is 0 Å². The Balaban J connectivity index is 3.30. The van der Waals surface area contributed by atoms with Crippen molar-refractivity contribution >= 4 is 43.9 Å². The van der Waals surface area contributed by atoms with Crippen LogP contribution in [0.25, 0.3) is 6.08 Å². The van der Waals surface area contributed by atoms with Gasteiger partial charge in [0.1, 0.15) is 0 Å². The lowest BCUT2D eigenvalue weighted by atomic mass is 10.2. The third-order valence-electron chi connectivity index (χ3n) is 1.80. The van der Waals surface area contributed by atoms with E-state index in [0.717, 1.165) is 6.08 Å². The minimum absolute atomic E-state index is 0.0400. The van der Waals surface area contributed by atoms with Crippen LogP contribution >= 0.6 is 31.9 Å². The first-order valence-electron chi connectivity index (χ1n) is 4.13. The van der Waals surface area contributed by atoms with Crippen molar-refractivity contribution in [1.82, 2.24) is 0 Å². The second-order valence-electron chi connectivity index (χ2n) is 2.82. The summed E-state index contributed by atoms with van der Waals surface area (Å²) in [7, 11) is 1.42. The largest absolute Gasteiger partial charge is 0.503 e. The lowest BCUT2D eigenvalue weighted by molar-refractivity contribution is -0.131. The maximum Gasteiger partial charge on any atom is 0.328 e. The molecule has 0 heterocycles. The Morgan fingerprint density at radius 1 is 1.44 bits per heavy atom. The number of ether oxygens (including phenoxy) is 1. The van der Waals surface area contributed by atoms with Crippen molar-refractivity contribution < 1.29 is 19.7 Å². The summed E-state index contributed by atoms with van der Waals surface area (Å²) >= 11 is 6.41. The third-order valence-corrected chi connectivity index (χ3v) is 3.96. The normalized spacial score (nSPS) is 10.7. The van der Waals surface area contributed by atoms with E-state index >= 15 is 0 Å². The number of hydrogen-bond acceptors (Lipinski definition) is 3. The molecule has 0 aromatic heterocycles. The maximum absolute atomic E-state index is 10.4. The molecule has 1 aromatic rings. The number of phenols is 1. The summed E-state index contributed by atoms with van der Waals surface area (Å²) in [6, 6.07) is 1.53. The van der Waals surface area contributed by atoms with Crippen LogP contribution in [0.5, 0.6) is 11.5 Å². The molecule has 0 radical (unpaired) electrons. The summed E-state index contributed by atoms with van der Waals surface area (Å²) < 4.78 is 5.92. The standard InChI is InChI=1S/C10H8Br2O4/c1-16-6-4-5(2-3-7(13)14)8(11)9(12)10(6)15/h2-4,15H,1H3,(H,13,14)/b3-2+. The monoisotopic (exact) mass is 350 g/mol. The van der Waals surface area contributed by atoms with E-state index in [1.165, 1.54) is 19.3 Å². The molecule has 16 heavy (non-hydrogen) atoms. The molecule has 0 aliphatic rings. The topological polar surface area (TPSA) is 66.8 Å². The fraction of sp³-hybridized carbons (Fsp3) is 0.100. The van der Waals surface area contributed by atoms with E-state index in [1.54, 1.807) is 0 Å². The number of aliphatic carboxylic acids is 1. The van der Waals surface area contributed by atoms with Crippen molar-refractivity contribution in [2.75, 3.05) is 7.11 Å². The van der Waals surface area contributed by atoms with Crippen LogP contribution < -0.4 is 4.74 Å². The second kappa shape index (κ2) is 5.36. The predicted octanol–water partition coefficient (Wildman–Crippen LogP) is 3.02. The van der Waals surface area contributed by atoms with Crippen LogP contribution in [0.15, 0.2) is 21.1 Å². The number of carboxylic acid groups (broad SMARTS) is 1. The molecule has 6 heteroatoms. The van der Waals surface area contributed by atoms with Crippen molar-refractivity contribution in [2.45, 2.75) is 0 Å². The number of benzene rings is 1. The van der Waals surface area contributed by atoms with Gasteiger partial charge < -0.3 is 14.9 Å². The summed E-state index contributed by atoms with van der Waals surface area (Å²) in [5.74, 6) is -0.822. The second-order valence-corrected chi connectivity index (χ2v) is 4.40. The summed E-state index contributed by atoms with van der Waals surface area (Å²) in [6.45, 7) is 0. The predicted molar refractivity (Wildman–Crippen MR) is 66.7 cm³/mol. The highest BCUT2D eigenvalue weighted by Crippen LogP contribution is 2.42. The molecular formula is C10H8Br2O4. The van der Waals surface area contributed by atoms with E-state index < -0.39 is 5.97 Å². The highest BCUT2D eigenvalue weighted by molar-refractivity contribution is 9.13. The van der Waals surface area contributed by atoms with E-state index in [-0.39, 0.29) is 11.5 Å². The molecule has 0 fully saturated rings. The fourth-order valence-electron chi connectivity index (χ4n) is 1.05. The number of aromatic hydroxyl groups is 1. The molecule has 86 valence electrons. The molecule has 0 aliphatic carbocycles. The van der Waals surface area contributed by atoms with Crippen molar-refractivity contribution in [2.24, 2.45) is 0 Å². The Bertz CT molecular complexity index is 455. The van der Waals surface area contributed by atoms with Gasteiger partial charge in [-0.1, -0.05) is 0 Å². The first-order valence-corrected chi connectivity index (χ1v) is 5.72. The molecule has 1 rings (SSSR count). The van der Waals surface area contributed by atoms with Crippen molar-refractivity contribution in [3.63, 3.8) is 0 Å². The van der Waals surface area contributed by atoms with E-state index in [4.69, 9.17) is 9.84 Å². The Labute approximate surface area is 109 Å². The molecule has 0 spiro atoms. The van der Waals surface area contributed by atoms with Crippen LogP contribution in [-0.4, -0.2) is 23.3 Å². The molecule has 0 unspecified atom stereocenters. The SMILES string of the molecule is COc1cc(/C=C/C(=O)O)c(Br)c(Br)c1O. The summed E-state index contributed by atoms with van der Waals surface area (Å²) in [6.07, 6.45) is 2.40. The van der Waals surface area contributed by atoms with E-state index in [2.05, 4.69) is 31.9 Å². The summed E-state index contributed by atoms with van der Waals surface area (Å²) in [5, 5.41) is 18.2. The average Bonchev–Trinajstić information content (AvgIpc) is 2.25. The Kier molecular flexibility index (Phi) is 4.37. The van der Waals surface area contributed by atoms with Gasteiger partial charge in [0.05, 0.1) is 11.6 Å². The number of carboxylic acids is 1. The third kappa shape index (κ3) is 2.76. The highest BCUT2D eigenvalue weighted by atomic mass is 79.9. The number of carbonyl (C=O) groups is 1. The average molecular weight is 352 g/mol. The fourth-order valence-corrected chi connectivity index (χ4v) is 1.91. The number of phenolic OH excluding ortho intramolecular Hbond substituents is 1. The molecule has 0 amide bonds. The number of halogens is 2. The van der Waals surface area contributed by atoms with Crippen LogP contribution in [0.4, 0.5) is 0 Å². The molecule has 0 bridgehead atoms. The van der Waals surface area contributed by atoms with Gasteiger partial charge in [0.25, 0.3) is 0 Å². The zero-order valence-electron chi connectivity index (χ0n) is 8.20. The van der Waals surface area contributed by atoms with Crippen LogP contribution in [0.2, 0.25) is 0 Å². The van der Waals surface area contributed by atoms with Crippen LogP contribution in [0.1, 0.15) is 5.56 Å². The van der Waals surface area contributed by atoms with Crippen LogP contribution in [-0.2, 0) is 4.79 Å². The van der Waals surface area contributed by atoms with Gasteiger partial charge in [0.2, 0.25) is 0 Å². The summed E-state index contributed by atoms with van der Waals surface area (Å²) in [5.41, 5.74) is 0.587. The van der Waals surface area contributed by atoms with Crippen molar-refractivity contribution in [3.05, 3.63) is 26.7 Å². The van der Waals surface area contributed by atoms with Gasteiger partial charge >= 0.3 is 5.97 Å². The Morgan fingerprint density at radius 3 is 2.56 bits per heavy atom. The van der Waals surface area contributed by atoms with Gasteiger partial charge in [0.15, 0.2) is 11.5 Å². The summed E-state index contributed by atoms with van der Waals surface area (Å²) in [4.78, 5) is 10.4. The highest BCUT2D eigenvalue weighted by Gasteiger charge is 2.13. The van der Waals surface area contributed by atoms with Gasteiger partial charge in [-0.15, -0.1) is 0 Å². The van der Waals surface area contributed by atoms with Gasteiger partial charge in [-0.25, -0.2) is 4.79 Å². The number of hydrogen-bond donors (Lipinski definition) is 2. The maximum atomic E-state index is 10.4. The molecular weight excluding hydrogens is 344 g/mol. The number of rotatable bonds is 3. The quantitative estimate of drug-likeness (QED) is 0.821.